The Morgan fingerprint density at radius 3 is 1.12 bits per heavy atom. The van der Waals surface area contributed by atoms with E-state index in [0.717, 1.165) is 21.6 Å². The highest BCUT2D eigenvalue weighted by molar-refractivity contribution is 8.76. The van der Waals surface area contributed by atoms with Crippen molar-refractivity contribution in [3.8, 4) is 0 Å². The summed E-state index contributed by atoms with van der Waals surface area (Å²) in [4.78, 5) is 45.3. The van der Waals surface area contributed by atoms with Crippen LogP contribution in [-0.4, -0.2) is 44.3 Å². The molecule has 134 valence electrons. The second-order valence-electron chi connectivity index (χ2n) is 4.80. The number of carboxylic acid groups (broad SMARTS) is 4. The highest BCUT2D eigenvalue weighted by Crippen LogP contribution is 2.38. The normalized spacial score (nSPS) is 10.3. The van der Waals surface area contributed by atoms with E-state index in [1.54, 1.807) is 0 Å². The summed E-state index contributed by atoms with van der Waals surface area (Å²) in [6.45, 7) is 0. The first-order valence-electron chi connectivity index (χ1n) is 6.76. The second kappa shape index (κ2) is 7.93. The molecule has 0 bridgehead atoms. The Labute approximate surface area is 153 Å². The van der Waals surface area contributed by atoms with Crippen molar-refractivity contribution in [3.05, 3.63) is 58.7 Å². The van der Waals surface area contributed by atoms with Gasteiger partial charge in [0.1, 0.15) is 0 Å². The van der Waals surface area contributed by atoms with Gasteiger partial charge in [-0.2, -0.15) is 0 Å². The molecular formula is C16H10O8S2. The Morgan fingerprint density at radius 1 is 0.538 bits per heavy atom. The zero-order valence-corrected chi connectivity index (χ0v) is 14.3. The van der Waals surface area contributed by atoms with Gasteiger partial charge in [-0.05, 0) is 36.4 Å². The van der Waals surface area contributed by atoms with Gasteiger partial charge in [0.05, 0.1) is 22.3 Å². The standard InChI is InChI=1S/C16H10O8S2/c17-13(18)9-3-1-7(5-11(9)15(21)22)25-26-8-2-4-10(14(19)20)12(6-8)16(23)24/h1-6H,(H,17,18)(H,19,20)(H,21,22)(H,23,24). The van der Waals surface area contributed by atoms with Crippen molar-refractivity contribution in [2.45, 2.75) is 9.79 Å². The van der Waals surface area contributed by atoms with Crippen LogP contribution in [0.4, 0.5) is 0 Å². The molecule has 0 fully saturated rings. The fourth-order valence-corrected chi connectivity index (χ4v) is 3.94. The number of rotatable bonds is 7. The lowest BCUT2D eigenvalue weighted by Gasteiger charge is -2.07. The molecule has 8 nitrogen and oxygen atoms in total. The summed E-state index contributed by atoms with van der Waals surface area (Å²) in [7, 11) is 2.16. The van der Waals surface area contributed by atoms with Gasteiger partial charge in [0, 0.05) is 9.79 Å². The molecule has 0 aliphatic rings. The molecule has 10 heteroatoms. The molecular weight excluding hydrogens is 384 g/mol. The number of carbonyl (C=O) groups is 4. The van der Waals surface area contributed by atoms with E-state index < -0.39 is 23.9 Å². The monoisotopic (exact) mass is 394 g/mol. The molecule has 0 saturated heterocycles. The van der Waals surface area contributed by atoms with E-state index in [9.17, 15) is 19.2 Å². The lowest BCUT2D eigenvalue weighted by Crippen LogP contribution is -2.08. The van der Waals surface area contributed by atoms with E-state index in [-0.39, 0.29) is 22.3 Å². The lowest BCUT2D eigenvalue weighted by molar-refractivity contribution is 0.0651. The predicted octanol–water partition coefficient (Wildman–Crippen LogP) is 3.28. The molecule has 0 heterocycles. The first kappa shape index (κ1) is 19.3. The Hall–Kier alpha value is -2.98. The maximum absolute atomic E-state index is 11.2. The van der Waals surface area contributed by atoms with Crippen LogP contribution in [0.15, 0.2) is 46.2 Å². The third-order valence-electron chi connectivity index (χ3n) is 3.14. The van der Waals surface area contributed by atoms with Gasteiger partial charge in [-0.15, -0.1) is 0 Å². The van der Waals surface area contributed by atoms with Crippen molar-refractivity contribution in [2.75, 3.05) is 0 Å². The van der Waals surface area contributed by atoms with Crippen LogP contribution in [0.25, 0.3) is 0 Å². The topological polar surface area (TPSA) is 149 Å². The third kappa shape index (κ3) is 4.35. The molecule has 0 unspecified atom stereocenters. The summed E-state index contributed by atoms with van der Waals surface area (Å²) in [5.41, 5.74) is -1.41. The van der Waals surface area contributed by atoms with Crippen LogP contribution < -0.4 is 0 Å². The van der Waals surface area contributed by atoms with Gasteiger partial charge in [0.15, 0.2) is 0 Å². The number of hydrogen-bond donors (Lipinski definition) is 4. The van der Waals surface area contributed by atoms with Crippen LogP contribution in [-0.2, 0) is 0 Å². The van der Waals surface area contributed by atoms with E-state index in [1.807, 2.05) is 0 Å². The van der Waals surface area contributed by atoms with Gasteiger partial charge in [-0.1, -0.05) is 21.6 Å². The maximum Gasteiger partial charge on any atom is 0.336 e. The highest BCUT2D eigenvalue weighted by Gasteiger charge is 2.18. The van der Waals surface area contributed by atoms with Crippen molar-refractivity contribution < 1.29 is 39.6 Å². The summed E-state index contributed by atoms with van der Waals surface area (Å²) >= 11 is 0. The summed E-state index contributed by atoms with van der Waals surface area (Å²) in [6, 6.07) is 7.60. The smallest absolute Gasteiger partial charge is 0.336 e. The minimum Gasteiger partial charge on any atom is -0.478 e. The largest absolute Gasteiger partial charge is 0.478 e. The third-order valence-corrected chi connectivity index (χ3v) is 5.52. The van der Waals surface area contributed by atoms with Gasteiger partial charge < -0.3 is 20.4 Å². The van der Waals surface area contributed by atoms with Crippen LogP contribution in [0, 0.1) is 0 Å². The molecule has 0 spiro atoms. The van der Waals surface area contributed by atoms with E-state index >= 15 is 0 Å². The molecule has 4 N–H and O–H groups in total. The van der Waals surface area contributed by atoms with Crippen LogP contribution in [0.3, 0.4) is 0 Å². The Morgan fingerprint density at radius 2 is 0.846 bits per heavy atom. The zero-order chi connectivity index (χ0) is 19.4. The maximum atomic E-state index is 11.2. The quantitative estimate of drug-likeness (QED) is 0.515. The average Bonchev–Trinajstić information content (AvgIpc) is 2.59. The first-order valence-corrected chi connectivity index (χ1v) is 8.91. The SMILES string of the molecule is O=C(O)c1ccc(SSc2ccc(C(=O)O)c(C(=O)O)c2)cc1C(=O)O. The molecule has 0 amide bonds. The summed E-state index contributed by atoms with van der Waals surface area (Å²) in [6.07, 6.45) is 0. The summed E-state index contributed by atoms with van der Waals surface area (Å²) in [5.74, 6) is -5.48. The predicted molar refractivity (Wildman–Crippen MR) is 92.4 cm³/mol. The van der Waals surface area contributed by atoms with Crippen molar-refractivity contribution in [1.29, 1.82) is 0 Å². The molecule has 2 rings (SSSR count). The molecule has 0 aromatic heterocycles. The minimum absolute atomic E-state index is 0.342. The number of benzene rings is 2. The van der Waals surface area contributed by atoms with E-state index in [1.165, 1.54) is 36.4 Å². The molecule has 0 aliphatic heterocycles. The fraction of sp³-hybridized carbons (Fsp3) is 0. The lowest BCUT2D eigenvalue weighted by atomic mass is 10.1. The summed E-state index contributed by atoms with van der Waals surface area (Å²) < 4.78 is 0. The zero-order valence-electron chi connectivity index (χ0n) is 12.7. The van der Waals surface area contributed by atoms with Crippen LogP contribution in [0.1, 0.15) is 41.4 Å². The highest BCUT2D eigenvalue weighted by atomic mass is 33.1. The van der Waals surface area contributed by atoms with Gasteiger partial charge in [-0.25, -0.2) is 19.2 Å². The van der Waals surface area contributed by atoms with Crippen molar-refractivity contribution >= 4 is 45.5 Å². The number of aromatic carboxylic acids is 4. The molecule has 0 atom stereocenters. The Kier molecular flexibility index (Phi) is 5.90. The Balaban J connectivity index is 2.26. The number of hydrogen-bond acceptors (Lipinski definition) is 6. The molecule has 2 aromatic rings. The Bertz CT molecular complexity index is 847. The van der Waals surface area contributed by atoms with E-state index in [2.05, 4.69) is 0 Å². The van der Waals surface area contributed by atoms with Crippen LogP contribution in [0.2, 0.25) is 0 Å². The van der Waals surface area contributed by atoms with Gasteiger partial charge in [-0.3, -0.25) is 0 Å². The van der Waals surface area contributed by atoms with Gasteiger partial charge in [0.2, 0.25) is 0 Å². The minimum atomic E-state index is -1.38. The number of carboxylic acids is 4. The van der Waals surface area contributed by atoms with Crippen LogP contribution in [0.5, 0.6) is 0 Å². The molecule has 26 heavy (non-hydrogen) atoms. The van der Waals surface area contributed by atoms with Crippen molar-refractivity contribution in [3.63, 3.8) is 0 Å². The first-order chi connectivity index (χ1) is 12.2. The van der Waals surface area contributed by atoms with E-state index in [0.29, 0.717) is 9.79 Å². The van der Waals surface area contributed by atoms with Gasteiger partial charge >= 0.3 is 23.9 Å². The van der Waals surface area contributed by atoms with Gasteiger partial charge in [0.25, 0.3) is 0 Å². The van der Waals surface area contributed by atoms with E-state index in [4.69, 9.17) is 20.4 Å². The molecule has 0 radical (unpaired) electrons. The molecule has 0 saturated carbocycles. The summed E-state index contributed by atoms with van der Waals surface area (Å²) in [5, 5.41) is 36.2. The fourth-order valence-electron chi connectivity index (χ4n) is 1.97. The molecule has 0 aliphatic carbocycles. The van der Waals surface area contributed by atoms with Crippen molar-refractivity contribution in [1.82, 2.24) is 0 Å². The second-order valence-corrected chi connectivity index (χ2v) is 7.08. The molecule has 2 aromatic carbocycles. The van der Waals surface area contributed by atoms with Crippen molar-refractivity contribution in [2.24, 2.45) is 0 Å². The van der Waals surface area contributed by atoms with Crippen LogP contribution >= 0.6 is 21.6 Å². The average molecular weight is 394 g/mol.